The molecule has 1 amide bonds. The summed E-state index contributed by atoms with van der Waals surface area (Å²) >= 11 is 6.62. The molecule has 0 radical (unpaired) electrons. The maximum Gasteiger partial charge on any atom is 0.303 e. The number of aliphatic carboxylic acids is 1. The molecule has 2 aromatic rings. The summed E-state index contributed by atoms with van der Waals surface area (Å²) in [6, 6.07) is 7.60. The van der Waals surface area contributed by atoms with E-state index in [1.807, 2.05) is 31.2 Å². The number of thioether (sulfide) groups is 1. The topological polar surface area (TPSA) is 134 Å². The number of unbranched alkanes of at least 4 members (excludes halogenated alkanes) is 2. The maximum absolute atomic E-state index is 13.3. The van der Waals surface area contributed by atoms with Gasteiger partial charge in [0.25, 0.3) is 11.5 Å². The Morgan fingerprint density at radius 3 is 2.74 bits per heavy atom. The minimum Gasteiger partial charge on any atom is -0.481 e. The van der Waals surface area contributed by atoms with E-state index in [2.05, 4.69) is 5.32 Å². The molecule has 2 N–H and O–H groups in total. The van der Waals surface area contributed by atoms with Gasteiger partial charge in [0.05, 0.1) is 4.91 Å². The van der Waals surface area contributed by atoms with E-state index in [1.54, 1.807) is 13.0 Å². The third-order valence-electron chi connectivity index (χ3n) is 6.51. The first-order chi connectivity index (χ1) is 18.7. The highest BCUT2D eigenvalue weighted by Gasteiger charge is 2.32. The first-order valence-corrected chi connectivity index (χ1v) is 13.7. The number of carboxylic acids is 1. The van der Waals surface area contributed by atoms with Crippen LogP contribution in [0.25, 0.3) is 6.08 Å². The van der Waals surface area contributed by atoms with Crippen LogP contribution < -0.4 is 20.3 Å². The van der Waals surface area contributed by atoms with Crippen molar-refractivity contribution in [2.75, 3.05) is 18.7 Å². The van der Waals surface area contributed by atoms with Crippen LogP contribution in [-0.4, -0.2) is 44.1 Å². The Bertz CT molecular complexity index is 1460. The Morgan fingerprint density at radius 2 is 2.03 bits per heavy atom. The molecule has 204 valence electrons. The first-order valence-electron chi connectivity index (χ1n) is 12.5. The Kier molecular flexibility index (Phi) is 8.93. The molecule has 4 rings (SSSR count). The minimum atomic E-state index is -0.841. The van der Waals surface area contributed by atoms with Crippen LogP contribution >= 0.6 is 24.0 Å². The fourth-order valence-corrected chi connectivity index (χ4v) is 5.73. The lowest BCUT2D eigenvalue weighted by Crippen LogP contribution is -2.29. The summed E-state index contributed by atoms with van der Waals surface area (Å²) in [6.07, 6.45) is 3.62. The fraction of sp³-hybridized carbons (Fsp3) is 0.370. The van der Waals surface area contributed by atoms with Gasteiger partial charge in [-0.25, -0.2) is 0 Å². The zero-order chi connectivity index (χ0) is 28.1. The van der Waals surface area contributed by atoms with Gasteiger partial charge in [0.2, 0.25) is 6.79 Å². The Labute approximate surface area is 235 Å². The third-order valence-corrected chi connectivity index (χ3v) is 7.89. The average molecular weight is 569 g/mol. The van der Waals surface area contributed by atoms with Crippen LogP contribution in [0.3, 0.4) is 0 Å². The van der Waals surface area contributed by atoms with Gasteiger partial charge in [-0.2, -0.15) is 5.26 Å². The first kappa shape index (κ1) is 28.2. The lowest BCUT2D eigenvalue weighted by molar-refractivity contribution is -0.137. The van der Waals surface area contributed by atoms with Crippen LogP contribution in [0.1, 0.15) is 54.9 Å². The van der Waals surface area contributed by atoms with Crippen molar-refractivity contribution in [2.24, 2.45) is 0 Å². The van der Waals surface area contributed by atoms with E-state index in [9.17, 15) is 19.6 Å². The van der Waals surface area contributed by atoms with E-state index >= 15 is 0 Å². The van der Waals surface area contributed by atoms with Crippen molar-refractivity contribution in [3.63, 3.8) is 0 Å². The number of hydrogen-bond acceptors (Lipinski definition) is 9. The summed E-state index contributed by atoms with van der Waals surface area (Å²) in [6.45, 7) is 4.75. The van der Waals surface area contributed by atoms with E-state index < -0.39 is 11.5 Å². The van der Waals surface area contributed by atoms with Crippen LogP contribution in [0.5, 0.6) is 11.5 Å². The van der Waals surface area contributed by atoms with Crippen molar-refractivity contribution >= 4 is 52.1 Å². The van der Waals surface area contributed by atoms with Gasteiger partial charge < -0.3 is 19.9 Å². The van der Waals surface area contributed by atoms with Gasteiger partial charge >= 0.3 is 5.97 Å². The molecule has 0 aliphatic carbocycles. The molecule has 0 atom stereocenters. The number of anilines is 1. The van der Waals surface area contributed by atoms with Gasteiger partial charge in [0.15, 0.2) is 11.5 Å². The number of pyridine rings is 1. The molecule has 39 heavy (non-hydrogen) atoms. The van der Waals surface area contributed by atoms with E-state index in [0.29, 0.717) is 76.6 Å². The number of amides is 1. The number of ether oxygens (including phenoxy) is 2. The number of aromatic nitrogens is 1. The van der Waals surface area contributed by atoms with Crippen LogP contribution in [0.15, 0.2) is 27.9 Å². The van der Waals surface area contributed by atoms with E-state index in [4.69, 9.17) is 26.8 Å². The monoisotopic (exact) mass is 568 g/mol. The number of rotatable bonds is 11. The Morgan fingerprint density at radius 1 is 1.26 bits per heavy atom. The molecular formula is C27H28N4O6S2. The zero-order valence-corrected chi connectivity index (χ0v) is 23.2. The molecule has 0 unspecified atom stereocenters. The molecule has 1 fully saturated rings. The van der Waals surface area contributed by atoms with Crippen LogP contribution in [0.2, 0.25) is 0 Å². The quantitative estimate of drug-likeness (QED) is 0.230. The molecule has 0 saturated carbocycles. The number of fused-ring (bicyclic) bond motifs is 1. The molecule has 1 aromatic carbocycles. The van der Waals surface area contributed by atoms with Crippen molar-refractivity contribution < 1.29 is 24.2 Å². The number of benzene rings is 1. The third kappa shape index (κ3) is 6.10. The van der Waals surface area contributed by atoms with Crippen molar-refractivity contribution in [2.45, 2.75) is 52.6 Å². The summed E-state index contributed by atoms with van der Waals surface area (Å²) in [5, 5.41) is 21.9. The molecule has 2 aliphatic heterocycles. The normalized spacial score (nSPS) is 15.2. The van der Waals surface area contributed by atoms with Crippen molar-refractivity contribution in [3.05, 3.63) is 55.7 Å². The number of carbonyl (C=O) groups excluding carboxylic acids is 1. The molecule has 0 bridgehead atoms. The van der Waals surface area contributed by atoms with E-state index in [-0.39, 0.29) is 24.7 Å². The second-order valence-corrected chi connectivity index (χ2v) is 10.7. The van der Waals surface area contributed by atoms with Gasteiger partial charge in [0.1, 0.15) is 21.8 Å². The second kappa shape index (κ2) is 12.4. The Hall–Kier alpha value is -3.82. The van der Waals surface area contributed by atoms with E-state index in [0.717, 1.165) is 5.56 Å². The number of nitrogens with zero attached hydrogens (tertiary/aromatic N) is 3. The maximum atomic E-state index is 13.3. The number of hydrogen-bond donors (Lipinski definition) is 2. The van der Waals surface area contributed by atoms with Crippen molar-refractivity contribution in [1.29, 1.82) is 5.26 Å². The van der Waals surface area contributed by atoms with Gasteiger partial charge in [0, 0.05) is 31.6 Å². The van der Waals surface area contributed by atoms with Crippen molar-refractivity contribution in [3.8, 4) is 17.6 Å². The molecular weight excluding hydrogens is 540 g/mol. The molecule has 1 aromatic heterocycles. The standard InChI is InChI=1S/C27H28N4O6S2/c1-3-30-24(29-14-17-8-9-20-21(11-17)37-15-36-20)18(16(2)19(13-28)25(30)34)12-22-26(35)31(27(38)39-22)10-6-4-5-7-23(32)33/h8-9,11-12,29H,3-7,10,14-15H2,1-2H3,(H,32,33)/b22-12+. The van der Waals surface area contributed by atoms with Gasteiger partial charge in [-0.05, 0) is 56.0 Å². The number of carbonyl (C=O) groups is 2. The van der Waals surface area contributed by atoms with Gasteiger partial charge in [-0.15, -0.1) is 0 Å². The molecule has 1 saturated heterocycles. The highest BCUT2D eigenvalue weighted by atomic mass is 32.2. The summed E-state index contributed by atoms with van der Waals surface area (Å²) in [4.78, 5) is 39.0. The largest absolute Gasteiger partial charge is 0.481 e. The summed E-state index contributed by atoms with van der Waals surface area (Å²) in [5.74, 6) is 0.716. The number of thiocarbonyl (C=S) groups is 1. The number of nitriles is 1. The Balaban J connectivity index is 1.63. The highest BCUT2D eigenvalue weighted by molar-refractivity contribution is 8.26. The lowest BCUT2D eigenvalue weighted by Gasteiger charge is -2.19. The second-order valence-electron chi connectivity index (χ2n) is 9.00. The minimum absolute atomic E-state index is 0.0191. The van der Waals surface area contributed by atoms with Crippen LogP contribution in [0, 0.1) is 18.3 Å². The van der Waals surface area contributed by atoms with Crippen molar-refractivity contribution in [1.82, 2.24) is 9.47 Å². The predicted molar refractivity (Wildman–Crippen MR) is 152 cm³/mol. The fourth-order valence-electron chi connectivity index (χ4n) is 4.44. The van der Waals surface area contributed by atoms with Crippen LogP contribution in [-0.2, 0) is 22.7 Å². The summed E-state index contributed by atoms with van der Waals surface area (Å²) < 4.78 is 12.8. The predicted octanol–water partition coefficient (Wildman–Crippen LogP) is 4.24. The number of nitrogens with one attached hydrogen (secondary N) is 1. The summed E-state index contributed by atoms with van der Waals surface area (Å²) in [5.41, 5.74) is 1.55. The molecule has 3 heterocycles. The molecule has 2 aliphatic rings. The van der Waals surface area contributed by atoms with Crippen LogP contribution in [0.4, 0.5) is 5.82 Å². The molecule has 12 heteroatoms. The SMILES string of the molecule is CCn1c(NCc2ccc3c(c2)OCO3)c(/C=C2/SC(=S)N(CCCCCC(=O)O)C2=O)c(C)c(C#N)c1=O. The number of carboxylic acid groups (broad SMARTS) is 1. The molecule has 10 nitrogen and oxygen atoms in total. The van der Waals surface area contributed by atoms with Gasteiger partial charge in [-0.1, -0.05) is 36.5 Å². The zero-order valence-electron chi connectivity index (χ0n) is 21.6. The average Bonchev–Trinajstić information content (AvgIpc) is 3.48. The highest BCUT2D eigenvalue weighted by Crippen LogP contribution is 2.36. The lowest BCUT2D eigenvalue weighted by atomic mass is 10.0. The molecule has 0 spiro atoms. The van der Waals surface area contributed by atoms with E-state index in [1.165, 1.54) is 21.2 Å². The van der Waals surface area contributed by atoms with Gasteiger partial charge in [-0.3, -0.25) is 23.9 Å². The smallest absolute Gasteiger partial charge is 0.303 e. The summed E-state index contributed by atoms with van der Waals surface area (Å²) in [7, 11) is 0.